The van der Waals surface area contributed by atoms with E-state index in [0.717, 1.165) is 90.8 Å². The van der Waals surface area contributed by atoms with Gasteiger partial charge in [0, 0.05) is 30.5 Å². The number of nitrogens with one attached hydrogen (secondary N) is 2. The molecule has 0 spiro atoms. The van der Waals surface area contributed by atoms with Crippen LogP contribution in [-0.2, 0) is 9.47 Å². The van der Waals surface area contributed by atoms with Crippen molar-refractivity contribution in [1.29, 1.82) is 0 Å². The van der Waals surface area contributed by atoms with E-state index in [1.165, 1.54) is 11.1 Å². The van der Waals surface area contributed by atoms with Crippen LogP contribution in [0.4, 0.5) is 0 Å². The number of hydrogen-bond donors (Lipinski definition) is 3. The van der Waals surface area contributed by atoms with Gasteiger partial charge in [-0.25, -0.2) is 10.4 Å². The Balaban J connectivity index is 1.22. The van der Waals surface area contributed by atoms with E-state index >= 15 is 0 Å². The van der Waals surface area contributed by atoms with Crippen LogP contribution in [0.25, 0.3) is 0 Å². The van der Waals surface area contributed by atoms with Gasteiger partial charge in [0.25, 0.3) is 0 Å². The van der Waals surface area contributed by atoms with E-state index in [-0.39, 0.29) is 22.3 Å². The van der Waals surface area contributed by atoms with Crippen molar-refractivity contribution < 1.29 is 9.47 Å². The van der Waals surface area contributed by atoms with E-state index in [0.29, 0.717) is 11.8 Å². The Morgan fingerprint density at radius 2 is 1.27 bits per heavy atom. The summed E-state index contributed by atoms with van der Waals surface area (Å²) < 4.78 is 13.3. The van der Waals surface area contributed by atoms with Gasteiger partial charge < -0.3 is 20.5 Å². The van der Waals surface area contributed by atoms with Crippen molar-refractivity contribution in [2.75, 3.05) is 39.4 Å². The van der Waals surface area contributed by atoms with Crippen molar-refractivity contribution in [2.24, 2.45) is 5.73 Å². The lowest BCUT2D eigenvalue weighted by Crippen LogP contribution is -2.78. The molecule has 6 rings (SSSR count). The van der Waals surface area contributed by atoms with Crippen LogP contribution in [0.5, 0.6) is 0 Å². The minimum Gasteiger partial charge on any atom is -0.372 e. The first-order valence-corrected chi connectivity index (χ1v) is 15.9. The fourth-order valence-corrected chi connectivity index (χ4v) is 8.75. The number of nitrogens with zero attached hydrogens (tertiary/aromatic N) is 1. The molecule has 4 aliphatic heterocycles. The molecule has 4 heterocycles. The van der Waals surface area contributed by atoms with E-state index < -0.39 is 0 Å². The Kier molecular flexibility index (Phi) is 8.12. The predicted molar refractivity (Wildman–Crippen MR) is 161 cm³/mol. The molecule has 40 heavy (non-hydrogen) atoms. The van der Waals surface area contributed by atoms with Gasteiger partial charge in [0.15, 0.2) is 0 Å². The second-order valence-corrected chi connectivity index (χ2v) is 12.9. The minimum atomic E-state index is -0.331. The summed E-state index contributed by atoms with van der Waals surface area (Å²) in [5.74, 6) is 0.789. The van der Waals surface area contributed by atoms with Gasteiger partial charge in [-0.1, -0.05) is 87.4 Å². The molecule has 218 valence electrons. The number of rotatable bonds is 10. The highest BCUT2D eigenvalue weighted by Crippen LogP contribution is 2.55. The van der Waals surface area contributed by atoms with Gasteiger partial charge in [-0.05, 0) is 62.7 Å². The van der Waals surface area contributed by atoms with Gasteiger partial charge in [-0.2, -0.15) is 0 Å². The Morgan fingerprint density at radius 3 is 1.75 bits per heavy atom. The molecule has 0 bridgehead atoms. The first-order valence-electron chi connectivity index (χ1n) is 15.9. The maximum Gasteiger partial charge on any atom is 0.0967 e. The molecule has 2 aromatic carbocycles. The monoisotopic (exact) mass is 546 g/mol. The van der Waals surface area contributed by atoms with Gasteiger partial charge in [0.2, 0.25) is 0 Å². The second kappa shape index (κ2) is 11.5. The van der Waals surface area contributed by atoms with Crippen LogP contribution in [-0.4, -0.2) is 66.7 Å². The third kappa shape index (κ3) is 4.56. The fraction of sp³-hybridized carbons (Fsp3) is 0.647. The maximum absolute atomic E-state index is 7.40. The first kappa shape index (κ1) is 28.3. The Labute approximate surface area is 241 Å². The van der Waals surface area contributed by atoms with Crippen molar-refractivity contribution >= 4 is 0 Å². The van der Waals surface area contributed by atoms with Crippen molar-refractivity contribution in [3.8, 4) is 0 Å². The zero-order valence-corrected chi connectivity index (χ0v) is 24.7. The zero-order valence-electron chi connectivity index (χ0n) is 24.7. The summed E-state index contributed by atoms with van der Waals surface area (Å²) in [5.41, 5.74) is 13.5. The van der Waals surface area contributed by atoms with E-state index in [4.69, 9.17) is 15.2 Å². The standard InChI is InChI=1S/C34H50N4O2/c1-3-15-33(29(25-39-33)27-11-7-5-8-12-27)31(35)19-23-38(24-20-31)37-32(17-21-36-22-18-32)34(16-4-2)30(26-40-34)28-13-9-6-10-14-28/h5-14,29-30,36-37H,3-4,15-26,35H2,1-2H3. The molecule has 4 saturated heterocycles. The summed E-state index contributed by atoms with van der Waals surface area (Å²) in [4.78, 5) is 0. The van der Waals surface area contributed by atoms with E-state index in [1.54, 1.807) is 0 Å². The number of ether oxygens (including phenoxy) is 2. The van der Waals surface area contributed by atoms with Crippen molar-refractivity contribution in [1.82, 2.24) is 15.8 Å². The van der Waals surface area contributed by atoms with Crippen molar-refractivity contribution in [2.45, 2.75) is 99.3 Å². The van der Waals surface area contributed by atoms with Gasteiger partial charge in [-0.3, -0.25) is 0 Å². The summed E-state index contributed by atoms with van der Waals surface area (Å²) in [6, 6.07) is 22.0. The molecular weight excluding hydrogens is 496 g/mol. The van der Waals surface area contributed by atoms with Crippen LogP contribution in [0, 0.1) is 0 Å². The van der Waals surface area contributed by atoms with Crippen LogP contribution >= 0.6 is 0 Å². The molecule has 2 aromatic rings. The molecule has 4 fully saturated rings. The largest absolute Gasteiger partial charge is 0.372 e. The second-order valence-electron chi connectivity index (χ2n) is 12.9. The lowest BCUT2D eigenvalue weighted by molar-refractivity contribution is -0.246. The van der Waals surface area contributed by atoms with Crippen LogP contribution in [0.15, 0.2) is 60.7 Å². The lowest BCUT2D eigenvalue weighted by atomic mass is 9.60. The number of piperidine rings is 2. The quantitative estimate of drug-likeness (QED) is 0.385. The molecule has 4 aliphatic rings. The minimum absolute atomic E-state index is 0.0950. The summed E-state index contributed by atoms with van der Waals surface area (Å²) in [6.45, 7) is 10.1. The Bertz CT molecular complexity index is 1100. The highest BCUT2D eigenvalue weighted by atomic mass is 16.5. The van der Waals surface area contributed by atoms with Crippen molar-refractivity contribution in [3.63, 3.8) is 0 Å². The Hall–Kier alpha value is -1.80. The van der Waals surface area contributed by atoms with Crippen LogP contribution < -0.4 is 16.5 Å². The predicted octanol–water partition coefficient (Wildman–Crippen LogP) is 5.11. The molecule has 4 N–H and O–H groups in total. The van der Waals surface area contributed by atoms with E-state index in [2.05, 4.69) is 90.3 Å². The number of nitrogens with two attached hydrogens (primary N) is 1. The SMILES string of the molecule is CCCC1(C2(N)CCN(NC3(C4(CCC)OCC4c4ccccc4)CCNCC3)CC2)OCC1c1ccccc1. The molecule has 0 aromatic heterocycles. The third-order valence-electron chi connectivity index (χ3n) is 10.9. The molecule has 0 amide bonds. The summed E-state index contributed by atoms with van der Waals surface area (Å²) in [7, 11) is 0. The van der Waals surface area contributed by atoms with Gasteiger partial charge in [0.05, 0.1) is 30.0 Å². The molecule has 4 atom stereocenters. The van der Waals surface area contributed by atoms with Gasteiger partial charge in [-0.15, -0.1) is 0 Å². The number of hydrogen-bond acceptors (Lipinski definition) is 6. The normalized spacial score (nSPS) is 33.6. The fourth-order valence-electron chi connectivity index (χ4n) is 8.75. The van der Waals surface area contributed by atoms with Crippen LogP contribution in [0.3, 0.4) is 0 Å². The number of hydrazine groups is 1. The average Bonchev–Trinajstić information content (AvgIpc) is 2.96. The van der Waals surface area contributed by atoms with E-state index in [1.807, 2.05) is 0 Å². The highest BCUT2D eigenvalue weighted by Gasteiger charge is 2.64. The van der Waals surface area contributed by atoms with Crippen molar-refractivity contribution in [3.05, 3.63) is 71.8 Å². The third-order valence-corrected chi connectivity index (χ3v) is 10.9. The molecular formula is C34H50N4O2. The molecule has 6 nitrogen and oxygen atoms in total. The average molecular weight is 547 g/mol. The van der Waals surface area contributed by atoms with Crippen LogP contribution in [0.2, 0.25) is 0 Å². The Morgan fingerprint density at radius 1 is 0.775 bits per heavy atom. The summed E-state index contributed by atoms with van der Waals surface area (Å²) >= 11 is 0. The van der Waals surface area contributed by atoms with Crippen LogP contribution in [0.1, 0.15) is 88.2 Å². The summed E-state index contributed by atoms with van der Waals surface area (Å²) in [5, 5.41) is 6.12. The van der Waals surface area contributed by atoms with E-state index in [9.17, 15) is 0 Å². The number of benzene rings is 2. The lowest BCUT2D eigenvalue weighted by Gasteiger charge is -2.64. The molecule has 0 radical (unpaired) electrons. The topological polar surface area (TPSA) is 71.8 Å². The van der Waals surface area contributed by atoms with Gasteiger partial charge in [0.1, 0.15) is 0 Å². The maximum atomic E-state index is 7.40. The summed E-state index contributed by atoms with van der Waals surface area (Å²) in [6.07, 6.45) is 8.28. The molecule has 0 saturated carbocycles. The highest BCUT2D eigenvalue weighted by molar-refractivity contribution is 5.32. The zero-order chi connectivity index (χ0) is 27.7. The molecule has 4 unspecified atom stereocenters. The first-order chi connectivity index (χ1) is 19.5. The molecule has 6 heteroatoms. The van der Waals surface area contributed by atoms with Gasteiger partial charge >= 0.3 is 0 Å². The molecule has 0 aliphatic carbocycles. The smallest absolute Gasteiger partial charge is 0.0967 e.